The number of ether oxygens (including phenoxy) is 1. The second kappa shape index (κ2) is 8.92. The van der Waals surface area contributed by atoms with E-state index >= 15 is 0 Å². The number of fused-ring (bicyclic) bond motifs is 2. The molecule has 3 aliphatic carbocycles. The molecule has 6 atom stereocenters. The Morgan fingerprint density at radius 3 is 2.87 bits per heavy atom. The summed E-state index contributed by atoms with van der Waals surface area (Å²) in [6, 6.07) is 8.83. The van der Waals surface area contributed by atoms with Crippen LogP contribution in [0.2, 0.25) is 0 Å². The van der Waals surface area contributed by atoms with E-state index in [1.54, 1.807) is 0 Å². The number of allylic oxidation sites excluding steroid dienone is 1. The van der Waals surface area contributed by atoms with Crippen LogP contribution in [0.15, 0.2) is 60.0 Å². The second-order valence-corrected chi connectivity index (χ2v) is 13.2. The highest BCUT2D eigenvalue weighted by Gasteiger charge is 2.66. The van der Waals surface area contributed by atoms with Crippen LogP contribution in [-0.2, 0) is 4.74 Å². The molecule has 2 aliphatic heterocycles. The predicted molar refractivity (Wildman–Crippen MR) is 148 cm³/mol. The Morgan fingerprint density at radius 1 is 1.15 bits per heavy atom. The fourth-order valence-electron chi connectivity index (χ4n) is 9.14. The summed E-state index contributed by atoms with van der Waals surface area (Å²) in [4.78, 5) is 4.35. The molecule has 1 saturated heterocycles. The summed E-state index contributed by atoms with van der Waals surface area (Å²) in [5.41, 5.74) is 3.59. The molecular weight excluding hydrogens is 494 g/mol. The average Bonchev–Trinajstić information content (AvgIpc) is 3.46. The lowest BCUT2D eigenvalue weighted by Gasteiger charge is -2.54. The normalized spacial score (nSPS) is 37.3. The summed E-state index contributed by atoms with van der Waals surface area (Å²) in [6.45, 7) is 3.98. The number of rotatable bonds is 6. The first-order chi connectivity index (χ1) is 18.7. The molecule has 0 radical (unpaired) electrons. The van der Waals surface area contributed by atoms with Gasteiger partial charge in [-0.15, -0.1) is 0 Å². The molecule has 1 N–H and O–H groups in total. The van der Waals surface area contributed by atoms with Gasteiger partial charge in [0.05, 0.1) is 11.2 Å². The second-order valence-electron chi connectivity index (χ2n) is 13.2. The number of aromatic nitrogens is 1. The zero-order chi connectivity index (χ0) is 27.0. The van der Waals surface area contributed by atoms with Crippen LogP contribution in [0.3, 0.4) is 0 Å². The Balaban J connectivity index is 1.16. The molecule has 1 aromatic carbocycles. The molecule has 208 valence electrons. The maximum atomic E-state index is 13.9. The van der Waals surface area contributed by atoms with Crippen LogP contribution in [0.4, 0.5) is 8.78 Å². The molecular formula is C33H40F2N2O2. The number of nitrogens with zero attached hydrogens (tertiary/aromatic N) is 2. The summed E-state index contributed by atoms with van der Waals surface area (Å²) in [5.74, 6) is -1.83. The first kappa shape index (κ1) is 25.8. The fourth-order valence-corrected chi connectivity index (χ4v) is 9.14. The monoisotopic (exact) mass is 534 g/mol. The number of hydrogen-bond donors (Lipinski definition) is 1. The van der Waals surface area contributed by atoms with E-state index in [-0.39, 0.29) is 42.0 Å². The highest BCUT2D eigenvalue weighted by atomic mass is 19.3. The van der Waals surface area contributed by atoms with Crippen molar-refractivity contribution in [2.45, 2.75) is 107 Å². The third-order valence-electron chi connectivity index (χ3n) is 11.4. The van der Waals surface area contributed by atoms with E-state index in [0.29, 0.717) is 18.3 Å². The lowest BCUT2D eigenvalue weighted by molar-refractivity contribution is -0.183. The SMILES string of the molecule is CCC(F)(F)CCN(O)[C@@H]1CCC2=CC3=CC[C@]4(C)[C@@H](c5ccc6ccncc6c5)CC[C@H]4[C@@]34CCC2(C1)O4. The predicted octanol–water partition coefficient (Wildman–Crippen LogP) is 7.97. The van der Waals surface area contributed by atoms with Crippen LogP contribution >= 0.6 is 0 Å². The van der Waals surface area contributed by atoms with E-state index in [1.807, 2.05) is 12.4 Å². The molecule has 1 aromatic heterocycles. The van der Waals surface area contributed by atoms with Crippen molar-refractivity contribution in [1.29, 1.82) is 0 Å². The van der Waals surface area contributed by atoms with Gasteiger partial charge in [-0.05, 0) is 103 Å². The Labute approximate surface area is 230 Å². The molecule has 0 amide bonds. The Hall–Kier alpha value is -2.15. The van der Waals surface area contributed by atoms with Crippen molar-refractivity contribution in [3.8, 4) is 0 Å². The van der Waals surface area contributed by atoms with Gasteiger partial charge in [0.2, 0.25) is 5.92 Å². The highest BCUT2D eigenvalue weighted by Crippen LogP contribution is 2.69. The maximum absolute atomic E-state index is 13.9. The minimum absolute atomic E-state index is 0.000579. The van der Waals surface area contributed by atoms with E-state index in [0.717, 1.165) is 44.9 Å². The largest absolute Gasteiger partial charge is 0.359 e. The molecule has 3 heterocycles. The standard InChI is InChI=1S/C33H40F2N2O2/c1-3-32(34,35)15-17-37(38)27-7-6-25-19-26-10-12-30(2)28(23-5-4-22-11-16-36-21-24(22)18-23)8-9-29(30)33(26)14-13-31(25,20-27)39-33/h4-5,10-11,16,18-19,21,27-29,38H,3,6-9,12-15,17,20H2,1-2H3/t27-,28-,29-,30-,31?,33-/m1/s1. The quantitative estimate of drug-likeness (QED) is 0.382. The van der Waals surface area contributed by atoms with Gasteiger partial charge in [-0.25, -0.2) is 8.78 Å². The lowest BCUT2D eigenvalue weighted by atomic mass is 9.58. The molecule has 2 saturated carbocycles. The van der Waals surface area contributed by atoms with Crippen LogP contribution < -0.4 is 0 Å². The van der Waals surface area contributed by atoms with Gasteiger partial charge in [-0.3, -0.25) is 4.98 Å². The summed E-state index contributed by atoms with van der Waals surface area (Å²) < 4.78 is 35.1. The number of benzene rings is 1. The number of alkyl halides is 2. The van der Waals surface area contributed by atoms with Gasteiger partial charge in [-0.2, -0.15) is 5.06 Å². The van der Waals surface area contributed by atoms with Crippen LogP contribution in [0, 0.1) is 11.3 Å². The van der Waals surface area contributed by atoms with Crippen molar-refractivity contribution in [1.82, 2.24) is 10.0 Å². The van der Waals surface area contributed by atoms with Crippen molar-refractivity contribution in [2.75, 3.05) is 6.54 Å². The smallest absolute Gasteiger partial charge is 0.249 e. The molecule has 2 bridgehead atoms. The Morgan fingerprint density at radius 2 is 2.03 bits per heavy atom. The van der Waals surface area contributed by atoms with Crippen LogP contribution in [0.5, 0.6) is 0 Å². The van der Waals surface area contributed by atoms with Crippen molar-refractivity contribution in [2.24, 2.45) is 11.3 Å². The summed E-state index contributed by atoms with van der Waals surface area (Å²) >= 11 is 0. The summed E-state index contributed by atoms with van der Waals surface area (Å²) in [5, 5.41) is 14.4. The number of halogens is 2. The van der Waals surface area contributed by atoms with Gasteiger partial charge in [0.1, 0.15) is 0 Å². The van der Waals surface area contributed by atoms with Gasteiger partial charge >= 0.3 is 0 Å². The minimum Gasteiger partial charge on any atom is -0.359 e. The van der Waals surface area contributed by atoms with Crippen molar-refractivity contribution in [3.05, 3.63) is 65.5 Å². The topological polar surface area (TPSA) is 45.6 Å². The van der Waals surface area contributed by atoms with Gasteiger partial charge < -0.3 is 9.94 Å². The molecule has 2 aromatic rings. The van der Waals surface area contributed by atoms with Crippen LogP contribution in [-0.4, -0.2) is 45.0 Å². The molecule has 5 aliphatic rings. The molecule has 2 spiro atoms. The summed E-state index contributed by atoms with van der Waals surface area (Å²) in [6.07, 6.45) is 15.9. The van der Waals surface area contributed by atoms with Crippen LogP contribution in [0.1, 0.15) is 89.5 Å². The summed E-state index contributed by atoms with van der Waals surface area (Å²) in [7, 11) is 0. The minimum atomic E-state index is -2.73. The van der Waals surface area contributed by atoms with E-state index in [1.165, 1.54) is 39.5 Å². The first-order valence-electron chi connectivity index (χ1n) is 15.0. The van der Waals surface area contributed by atoms with Gasteiger partial charge in [0.15, 0.2) is 0 Å². The molecule has 7 rings (SSSR count). The van der Waals surface area contributed by atoms with E-state index in [2.05, 4.69) is 48.3 Å². The van der Waals surface area contributed by atoms with E-state index in [4.69, 9.17) is 4.74 Å². The van der Waals surface area contributed by atoms with Crippen molar-refractivity contribution < 1.29 is 18.7 Å². The Bertz CT molecular complexity index is 1360. The molecule has 39 heavy (non-hydrogen) atoms. The molecule has 1 unspecified atom stereocenters. The average molecular weight is 535 g/mol. The fraction of sp³-hybridized carbons (Fsp3) is 0.606. The zero-order valence-electron chi connectivity index (χ0n) is 23.1. The first-order valence-corrected chi connectivity index (χ1v) is 15.0. The van der Waals surface area contributed by atoms with Gasteiger partial charge in [0, 0.05) is 43.2 Å². The third kappa shape index (κ3) is 3.88. The number of hydroxylamine groups is 2. The Kier molecular flexibility index (Phi) is 5.90. The van der Waals surface area contributed by atoms with Gasteiger partial charge in [-0.1, -0.05) is 38.1 Å². The maximum Gasteiger partial charge on any atom is 0.249 e. The highest BCUT2D eigenvalue weighted by molar-refractivity contribution is 5.82. The van der Waals surface area contributed by atoms with E-state index < -0.39 is 5.92 Å². The molecule has 3 fully saturated rings. The number of pyridine rings is 1. The lowest BCUT2D eigenvalue weighted by Crippen LogP contribution is -2.55. The van der Waals surface area contributed by atoms with E-state index in [9.17, 15) is 14.0 Å². The molecule has 6 heteroatoms. The van der Waals surface area contributed by atoms with Crippen molar-refractivity contribution >= 4 is 10.8 Å². The van der Waals surface area contributed by atoms with Gasteiger partial charge in [0.25, 0.3) is 0 Å². The zero-order valence-corrected chi connectivity index (χ0v) is 23.1. The van der Waals surface area contributed by atoms with Crippen LogP contribution in [0.25, 0.3) is 10.8 Å². The third-order valence-corrected chi connectivity index (χ3v) is 11.4. The van der Waals surface area contributed by atoms with Crippen molar-refractivity contribution in [3.63, 3.8) is 0 Å². The number of hydrogen-bond acceptors (Lipinski definition) is 4. The molecule has 4 nitrogen and oxygen atoms in total.